The van der Waals surface area contributed by atoms with Gasteiger partial charge in [0.05, 0.1) is 40.1 Å². The molecule has 28 heavy (non-hydrogen) atoms. The van der Waals surface area contributed by atoms with Crippen LogP contribution in [-0.2, 0) is 27.3 Å². The van der Waals surface area contributed by atoms with Crippen LogP contribution in [-0.4, -0.2) is 44.1 Å². The lowest BCUT2D eigenvalue weighted by atomic mass is 10.1. The highest BCUT2D eigenvalue weighted by Gasteiger charge is 2.17. The molecule has 0 atom stereocenters. The molecule has 152 valence electrons. The summed E-state index contributed by atoms with van der Waals surface area (Å²) < 4.78 is 20.8. The lowest BCUT2D eigenvalue weighted by Crippen LogP contribution is -2.33. The SMILES string of the molecule is CCOC(=O)CCN(Cc1ccco1)C(=O)CCc1ccc(OC)c(OC)c1. The third-order valence-corrected chi connectivity index (χ3v) is 4.25. The molecule has 1 heterocycles. The van der Waals surface area contributed by atoms with Crippen molar-refractivity contribution >= 4 is 11.9 Å². The maximum absolute atomic E-state index is 12.8. The van der Waals surface area contributed by atoms with Gasteiger partial charge in [-0.25, -0.2) is 0 Å². The van der Waals surface area contributed by atoms with Crippen molar-refractivity contribution in [3.8, 4) is 11.5 Å². The zero-order valence-electron chi connectivity index (χ0n) is 16.6. The van der Waals surface area contributed by atoms with Crippen LogP contribution in [0.2, 0.25) is 0 Å². The van der Waals surface area contributed by atoms with Crippen LogP contribution in [0, 0.1) is 0 Å². The van der Waals surface area contributed by atoms with E-state index in [1.165, 1.54) is 0 Å². The lowest BCUT2D eigenvalue weighted by molar-refractivity contribution is -0.144. The van der Waals surface area contributed by atoms with Crippen molar-refractivity contribution in [1.82, 2.24) is 4.90 Å². The van der Waals surface area contributed by atoms with E-state index < -0.39 is 0 Å². The second-order valence-corrected chi connectivity index (χ2v) is 6.14. The number of ether oxygens (including phenoxy) is 3. The highest BCUT2D eigenvalue weighted by Crippen LogP contribution is 2.28. The Morgan fingerprint density at radius 3 is 2.50 bits per heavy atom. The van der Waals surface area contributed by atoms with Crippen LogP contribution in [0.5, 0.6) is 11.5 Å². The molecule has 0 saturated heterocycles. The van der Waals surface area contributed by atoms with Crippen molar-refractivity contribution in [2.24, 2.45) is 0 Å². The first kappa shape index (κ1) is 21.3. The summed E-state index contributed by atoms with van der Waals surface area (Å²) >= 11 is 0. The predicted octanol–water partition coefficient (Wildman–Crippen LogP) is 3.21. The fourth-order valence-corrected chi connectivity index (χ4v) is 2.79. The molecule has 0 bridgehead atoms. The highest BCUT2D eigenvalue weighted by molar-refractivity contribution is 5.77. The van der Waals surface area contributed by atoms with E-state index in [9.17, 15) is 9.59 Å². The van der Waals surface area contributed by atoms with Crippen LogP contribution in [0.25, 0.3) is 0 Å². The highest BCUT2D eigenvalue weighted by atomic mass is 16.5. The maximum Gasteiger partial charge on any atom is 0.307 e. The monoisotopic (exact) mass is 389 g/mol. The third kappa shape index (κ3) is 6.33. The van der Waals surface area contributed by atoms with E-state index in [0.29, 0.717) is 43.3 Å². The van der Waals surface area contributed by atoms with Gasteiger partial charge in [-0.2, -0.15) is 0 Å². The molecule has 0 N–H and O–H groups in total. The van der Waals surface area contributed by atoms with Crippen LogP contribution in [0.4, 0.5) is 0 Å². The number of carbonyl (C=O) groups excluding carboxylic acids is 2. The van der Waals surface area contributed by atoms with E-state index in [4.69, 9.17) is 18.6 Å². The third-order valence-electron chi connectivity index (χ3n) is 4.25. The van der Waals surface area contributed by atoms with Crippen molar-refractivity contribution in [1.29, 1.82) is 0 Å². The zero-order chi connectivity index (χ0) is 20.4. The number of carbonyl (C=O) groups is 2. The summed E-state index contributed by atoms with van der Waals surface area (Å²) in [5.41, 5.74) is 0.967. The number of hydrogen-bond acceptors (Lipinski definition) is 6. The topological polar surface area (TPSA) is 78.2 Å². The Hall–Kier alpha value is -2.96. The molecule has 0 spiro atoms. The summed E-state index contributed by atoms with van der Waals surface area (Å²) in [5.74, 6) is 1.56. The Morgan fingerprint density at radius 1 is 1.07 bits per heavy atom. The number of aryl methyl sites for hydroxylation is 1. The summed E-state index contributed by atoms with van der Waals surface area (Å²) in [4.78, 5) is 26.1. The van der Waals surface area contributed by atoms with Gasteiger partial charge in [0.2, 0.25) is 5.91 Å². The summed E-state index contributed by atoms with van der Waals surface area (Å²) in [7, 11) is 3.16. The number of amides is 1. The molecular formula is C21H27NO6. The van der Waals surface area contributed by atoms with Crippen LogP contribution in [0.3, 0.4) is 0 Å². The molecule has 7 heteroatoms. The molecule has 1 amide bonds. The first-order valence-corrected chi connectivity index (χ1v) is 9.24. The van der Waals surface area contributed by atoms with Gasteiger partial charge in [-0.15, -0.1) is 0 Å². The lowest BCUT2D eigenvalue weighted by Gasteiger charge is -2.21. The van der Waals surface area contributed by atoms with Crippen molar-refractivity contribution < 1.29 is 28.2 Å². The molecule has 0 aliphatic heterocycles. The van der Waals surface area contributed by atoms with Gasteiger partial charge < -0.3 is 23.5 Å². The standard InChI is InChI=1S/C21H27NO6/c1-4-27-21(24)11-12-22(15-17-6-5-13-28-17)20(23)10-8-16-7-9-18(25-2)19(14-16)26-3/h5-7,9,13-14H,4,8,10-12,15H2,1-3H3. The van der Waals surface area contributed by atoms with Crippen molar-refractivity contribution in [2.45, 2.75) is 32.7 Å². The summed E-state index contributed by atoms with van der Waals surface area (Å²) in [6.07, 6.45) is 2.57. The maximum atomic E-state index is 12.8. The molecule has 0 fully saturated rings. The number of furan rings is 1. The van der Waals surface area contributed by atoms with Gasteiger partial charge in [0.15, 0.2) is 11.5 Å². The Bertz CT molecular complexity index is 756. The Kier molecular flexibility index (Phi) is 8.39. The minimum atomic E-state index is -0.320. The average molecular weight is 389 g/mol. The Labute approximate surface area is 165 Å². The first-order chi connectivity index (χ1) is 13.6. The van der Waals surface area contributed by atoms with Crippen LogP contribution in [0.1, 0.15) is 31.1 Å². The number of benzene rings is 1. The Morgan fingerprint density at radius 2 is 1.86 bits per heavy atom. The molecule has 0 unspecified atom stereocenters. The molecule has 2 rings (SSSR count). The smallest absolute Gasteiger partial charge is 0.307 e. The van der Waals surface area contributed by atoms with Crippen LogP contribution in [0.15, 0.2) is 41.0 Å². The van der Waals surface area contributed by atoms with E-state index in [1.807, 2.05) is 18.2 Å². The number of hydrogen-bond donors (Lipinski definition) is 0. The van der Waals surface area contributed by atoms with Crippen molar-refractivity contribution in [2.75, 3.05) is 27.4 Å². The molecule has 0 radical (unpaired) electrons. The molecule has 0 aliphatic carbocycles. The normalized spacial score (nSPS) is 10.4. The van der Waals surface area contributed by atoms with Gasteiger partial charge in [0.25, 0.3) is 0 Å². The zero-order valence-corrected chi connectivity index (χ0v) is 16.6. The number of methoxy groups -OCH3 is 2. The summed E-state index contributed by atoms with van der Waals surface area (Å²) in [6.45, 7) is 2.68. The summed E-state index contributed by atoms with van der Waals surface area (Å²) in [6, 6.07) is 9.16. The molecular weight excluding hydrogens is 362 g/mol. The van der Waals surface area contributed by atoms with Crippen molar-refractivity contribution in [3.63, 3.8) is 0 Å². The minimum Gasteiger partial charge on any atom is -0.493 e. The van der Waals surface area contributed by atoms with E-state index in [-0.39, 0.29) is 24.8 Å². The fourth-order valence-electron chi connectivity index (χ4n) is 2.79. The fraction of sp³-hybridized carbons (Fsp3) is 0.429. The van der Waals surface area contributed by atoms with Gasteiger partial charge in [-0.1, -0.05) is 6.07 Å². The molecule has 1 aromatic carbocycles. The quantitative estimate of drug-likeness (QED) is 0.549. The second kappa shape index (κ2) is 11.0. The molecule has 0 saturated carbocycles. The van der Waals surface area contributed by atoms with Gasteiger partial charge >= 0.3 is 5.97 Å². The number of esters is 1. The largest absolute Gasteiger partial charge is 0.493 e. The molecule has 7 nitrogen and oxygen atoms in total. The van der Waals surface area contributed by atoms with Gasteiger partial charge in [0.1, 0.15) is 5.76 Å². The van der Waals surface area contributed by atoms with E-state index >= 15 is 0 Å². The molecule has 0 aliphatic rings. The van der Waals surface area contributed by atoms with E-state index in [0.717, 1.165) is 5.56 Å². The summed E-state index contributed by atoms with van der Waals surface area (Å²) in [5, 5.41) is 0. The van der Waals surface area contributed by atoms with E-state index in [2.05, 4.69) is 0 Å². The molecule has 1 aromatic heterocycles. The predicted molar refractivity (Wildman–Crippen MR) is 103 cm³/mol. The average Bonchev–Trinajstić information content (AvgIpc) is 3.22. The van der Waals surface area contributed by atoms with Crippen LogP contribution < -0.4 is 9.47 Å². The second-order valence-electron chi connectivity index (χ2n) is 6.14. The van der Waals surface area contributed by atoms with Gasteiger partial charge in [0, 0.05) is 13.0 Å². The molecule has 2 aromatic rings. The number of rotatable bonds is 11. The van der Waals surface area contributed by atoms with Crippen molar-refractivity contribution in [3.05, 3.63) is 47.9 Å². The van der Waals surface area contributed by atoms with Gasteiger partial charge in [-0.3, -0.25) is 9.59 Å². The Balaban J connectivity index is 1.99. The first-order valence-electron chi connectivity index (χ1n) is 9.24. The number of nitrogens with zero attached hydrogens (tertiary/aromatic N) is 1. The minimum absolute atomic E-state index is 0.0597. The van der Waals surface area contributed by atoms with Crippen LogP contribution >= 0.6 is 0 Å². The van der Waals surface area contributed by atoms with Gasteiger partial charge in [-0.05, 0) is 43.2 Å². The van der Waals surface area contributed by atoms with E-state index in [1.54, 1.807) is 44.4 Å².